The Morgan fingerprint density at radius 3 is 2.57 bits per heavy atom. The molecular formula is C16H12F3N3O. The van der Waals surface area contributed by atoms with Gasteiger partial charge < -0.3 is 9.73 Å². The zero-order chi connectivity index (χ0) is 16.0. The van der Waals surface area contributed by atoms with Crippen molar-refractivity contribution in [3.8, 4) is 17.1 Å². The number of fused-ring (bicyclic) bond motifs is 1. The van der Waals surface area contributed by atoms with E-state index in [4.69, 9.17) is 4.42 Å². The average Bonchev–Trinajstić information content (AvgIpc) is 3.23. The molecule has 4 nitrogen and oxygen atoms in total. The van der Waals surface area contributed by atoms with E-state index in [-0.39, 0.29) is 0 Å². The van der Waals surface area contributed by atoms with Gasteiger partial charge in [0.05, 0.1) is 17.5 Å². The van der Waals surface area contributed by atoms with Gasteiger partial charge in [0.15, 0.2) is 5.76 Å². The van der Waals surface area contributed by atoms with Crippen molar-refractivity contribution in [3.05, 3.63) is 53.8 Å². The van der Waals surface area contributed by atoms with Gasteiger partial charge in [0.2, 0.25) is 0 Å². The summed E-state index contributed by atoms with van der Waals surface area (Å²) in [5.41, 5.74) is 1.63. The largest absolute Gasteiger partial charge is 0.463 e. The van der Waals surface area contributed by atoms with Gasteiger partial charge in [-0.05, 0) is 42.8 Å². The van der Waals surface area contributed by atoms with Crippen LogP contribution in [-0.2, 0) is 12.6 Å². The van der Waals surface area contributed by atoms with Crippen molar-refractivity contribution in [3.63, 3.8) is 0 Å². The van der Waals surface area contributed by atoms with Gasteiger partial charge in [-0.2, -0.15) is 18.3 Å². The molecule has 0 bridgehead atoms. The molecule has 0 amide bonds. The Morgan fingerprint density at radius 1 is 1.13 bits per heavy atom. The first kappa shape index (κ1) is 13.9. The average molecular weight is 319 g/mol. The van der Waals surface area contributed by atoms with Crippen LogP contribution in [0.1, 0.15) is 11.1 Å². The number of benzene rings is 1. The third-order valence-corrected chi connectivity index (χ3v) is 3.84. The lowest BCUT2D eigenvalue weighted by Gasteiger charge is -2.09. The lowest BCUT2D eigenvalue weighted by atomic mass is 10.1. The highest BCUT2D eigenvalue weighted by molar-refractivity contribution is 5.69. The molecule has 0 spiro atoms. The van der Waals surface area contributed by atoms with E-state index in [0.717, 1.165) is 42.2 Å². The summed E-state index contributed by atoms with van der Waals surface area (Å²) < 4.78 is 45.1. The first-order valence-electron chi connectivity index (χ1n) is 7.11. The van der Waals surface area contributed by atoms with Crippen LogP contribution in [-0.4, -0.2) is 16.3 Å². The Kier molecular flexibility index (Phi) is 2.97. The second-order valence-electron chi connectivity index (χ2n) is 5.29. The Hall–Kier alpha value is -2.70. The normalized spacial score (nSPS) is 13.9. The summed E-state index contributed by atoms with van der Waals surface area (Å²) in [6.45, 7) is 0.765. The highest BCUT2D eigenvalue weighted by Crippen LogP contribution is 2.35. The van der Waals surface area contributed by atoms with E-state index >= 15 is 0 Å². The summed E-state index contributed by atoms with van der Waals surface area (Å²) >= 11 is 0. The van der Waals surface area contributed by atoms with Gasteiger partial charge in [0.25, 0.3) is 0 Å². The molecule has 0 atom stereocenters. The smallest absolute Gasteiger partial charge is 0.416 e. The fourth-order valence-corrected chi connectivity index (χ4v) is 2.76. The predicted octanol–water partition coefficient (Wildman–Crippen LogP) is 4.12. The van der Waals surface area contributed by atoms with Gasteiger partial charge >= 0.3 is 6.18 Å². The monoisotopic (exact) mass is 319 g/mol. The molecule has 23 heavy (non-hydrogen) atoms. The highest BCUT2D eigenvalue weighted by Gasteiger charge is 2.30. The summed E-state index contributed by atoms with van der Waals surface area (Å²) in [6.07, 6.45) is -1.98. The number of furan rings is 1. The topological polar surface area (TPSA) is 43.0 Å². The van der Waals surface area contributed by atoms with Crippen LogP contribution >= 0.6 is 0 Å². The predicted molar refractivity (Wildman–Crippen MR) is 78.5 cm³/mol. The summed E-state index contributed by atoms with van der Waals surface area (Å²) in [5, 5.41) is 7.75. The van der Waals surface area contributed by atoms with Crippen molar-refractivity contribution in [2.75, 3.05) is 11.9 Å². The first-order valence-corrected chi connectivity index (χ1v) is 7.11. The molecule has 3 heterocycles. The number of nitrogens with one attached hydrogen (secondary N) is 1. The number of aromatic nitrogens is 2. The number of nitrogens with zero attached hydrogens (tertiary/aromatic N) is 2. The van der Waals surface area contributed by atoms with E-state index in [9.17, 15) is 13.2 Å². The lowest BCUT2D eigenvalue weighted by molar-refractivity contribution is -0.137. The maximum atomic E-state index is 12.7. The van der Waals surface area contributed by atoms with Crippen LogP contribution in [0.5, 0.6) is 0 Å². The lowest BCUT2D eigenvalue weighted by Crippen LogP contribution is -2.07. The maximum absolute atomic E-state index is 12.7. The van der Waals surface area contributed by atoms with Crippen molar-refractivity contribution < 1.29 is 17.6 Å². The van der Waals surface area contributed by atoms with Gasteiger partial charge in [-0.25, -0.2) is 4.68 Å². The fraction of sp³-hybridized carbons (Fsp3) is 0.188. The van der Waals surface area contributed by atoms with E-state index in [1.54, 1.807) is 17.0 Å². The molecule has 0 aliphatic carbocycles. The van der Waals surface area contributed by atoms with Crippen LogP contribution in [0.25, 0.3) is 17.1 Å². The number of alkyl halides is 3. The van der Waals surface area contributed by atoms with Gasteiger partial charge in [-0.3, -0.25) is 0 Å². The molecule has 1 aliphatic heterocycles. The zero-order valence-electron chi connectivity index (χ0n) is 11.9. The summed E-state index contributed by atoms with van der Waals surface area (Å²) in [7, 11) is 0. The molecule has 1 aromatic carbocycles. The van der Waals surface area contributed by atoms with E-state index in [2.05, 4.69) is 10.4 Å². The number of hydrogen-bond acceptors (Lipinski definition) is 3. The van der Waals surface area contributed by atoms with E-state index in [1.165, 1.54) is 12.1 Å². The fourth-order valence-electron chi connectivity index (χ4n) is 2.76. The van der Waals surface area contributed by atoms with Crippen molar-refractivity contribution in [2.45, 2.75) is 12.6 Å². The standard InChI is InChI=1S/C16H12F3N3O/c17-16(18,19)10-3-5-11(6-4-10)22-15-12(7-8-20-15)14(21-22)13-2-1-9-23-13/h1-6,9,20H,7-8H2. The minimum Gasteiger partial charge on any atom is -0.463 e. The molecule has 3 aromatic rings. The van der Waals surface area contributed by atoms with Gasteiger partial charge in [-0.1, -0.05) is 0 Å². The molecule has 118 valence electrons. The second-order valence-corrected chi connectivity index (χ2v) is 5.29. The SMILES string of the molecule is FC(F)(F)c1ccc(-n2nc(-c3ccco3)c3c2NCC3)cc1. The van der Waals surface area contributed by atoms with Crippen molar-refractivity contribution in [1.82, 2.24) is 9.78 Å². The molecule has 0 unspecified atom stereocenters. The van der Waals surface area contributed by atoms with Crippen molar-refractivity contribution in [1.29, 1.82) is 0 Å². The van der Waals surface area contributed by atoms with E-state index in [0.29, 0.717) is 11.4 Å². The van der Waals surface area contributed by atoms with Crippen LogP contribution in [0.2, 0.25) is 0 Å². The molecule has 7 heteroatoms. The number of anilines is 1. The Labute approximate surface area is 129 Å². The van der Waals surface area contributed by atoms with Crippen molar-refractivity contribution in [2.24, 2.45) is 0 Å². The first-order chi connectivity index (χ1) is 11.0. The molecule has 0 saturated heterocycles. The Bertz CT molecular complexity index is 833. The highest BCUT2D eigenvalue weighted by atomic mass is 19.4. The number of rotatable bonds is 2. The van der Waals surface area contributed by atoms with Crippen molar-refractivity contribution >= 4 is 5.82 Å². The van der Waals surface area contributed by atoms with Gasteiger partial charge in [0.1, 0.15) is 11.5 Å². The van der Waals surface area contributed by atoms with Crippen LogP contribution in [0.15, 0.2) is 47.1 Å². The maximum Gasteiger partial charge on any atom is 0.416 e. The molecule has 0 fully saturated rings. The summed E-state index contributed by atoms with van der Waals surface area (Å²) in [4.78, 5) is 0. The molecule has 1 N–H and O–H groups in total. The van der Waals surface area contributed by atoms with Crippen LogP contribution < -0.4 is 5.32 Å². The second kappa shape index (κ2) is 4.91. The zero-order valence-corrected chi connectivity index (χ0v) is 11.9. The molecule has 0 radical (unpaired) electrons. The minimum absolute atomic E-state index is 0.571. The molecular weight excluding hydrogens is 307 g/mol. The Balaban J connectivity index is 1.80. The minimum atomic E-state index is -4.35. The van der Waals surface area contributed by atoms with Gasteiger partial charge in [-0.15, -0.1) is 0 Å². The molecule has 4 rings (SSSR count). The molecule has 1 aliphatic rings. The van der Waals surface area contributed by atoms with Crippen LogP contribution in [0.3, 0.4) is 0 Å². The van der Waals surface area contributed by atoms with Gasteiger partial charge in [0, 0.05) is 12.1 Å². The quantitative estimate of drug-likeness (QED) is 0.773. The third-order valence-electron chi connectivity index (χ3n) is 3.84. The number of hydrogen-bond donors (Lipinski definition) is 1. The summed E-state index contributed by atoms with van der Waals surface area (Å²) in [5.74, 6) is 1.45. The van der Waals surface area contributed by atoms with Crippen LogP contribution in [0, 0.1) is 0 Å². The molecule has 0 saturated carbocycles. The van der Waals surface area contributed by atoms with Crippen LogP contribution in [0.4, 0.5) is 19.0 Å². The summed E-state index contributed by atoms with van der Waals surface area (Å²) in [6, 6.07) is 8.55. The third kappa shape index (κ3) is 2.28. The van der Waals surface area contributed by atoms with E-state index in [1.807, 2.05) is 6.07 Å². The number of halogens is 3. The molecule has 2 aromatic heterocycles. The Morgan fingerprint density at radius 2 is 1.91 bits per heavy atom. The van der Waals surface area contributed by atoms with E-state index < -0.39 is 11.7 Å².